The average Bonchev–Trinajstić information content (AvgIpc) is 2.74. The summed E-state index contributed by atoms with van der Waals surface area (Å²) in [6.07, 6.45) is 5.26. The second-order valence-electron chi connectivity index (χ2n) is 7.36. The van der Waals surface area contributed by atoms with Crippen LogP contribution in [0.25, 0.3) is 22.5 Å². The largest absolute Gasteiger partial charge is 0.324 e. The van der Waals surface area contributed by atoms with E-state index in [4.69, 9.17) is 0 Å². The van der Waals surface area contributed by atoms with Crippen molar-refractivity contribution >= 4 is 11.6 Å². The molecule has 0 aliphatic rings. The maximum atomic E-state index is 13.4. The van der Waals surface area contributed by atoms with Crippen LogP contribution in [0.5, 0.6) is 0 Å². The minimum atomic E-state index is -0.314. The summed E-state index contributed by atoms with van der Waals surface area (Å²) in [5.74, 6) is -0.473. The molecule has 0 bridgehead atoms. The van der Waals surface area contributed by atoms with Gasteiger partial charge < -0.3 is 5.32 Å². The van der Waals surface area contributed by atoms with Gasteiger partial charge in [0.05, 0.1) is 29.7 Å². The van der Waals surface area contributed by atoms with Crippen molar-refractivity contribution in [2.45, 2.75) is 20.3 Å². The van der Waals surface area contributed by atoms with Gasteiger partial charge in [-0.25, -0.2) is 4.39 Å². The van der Waals surface area contributed by atoms with Gasteiger partial charge in [-0.05, 0) is 61.4 Å². The maximum absolute atomic E-state index is 13.4. The minimum absolute atomic E-state index is 0.158. The van der Waals surface area contributed by atoms with E-state index in [1.54, 1.807) is 42.9 Å². The number of carbonyl (C=O) groups is 1. The Kier molecular flexibility index (Phi) is 5.80. The molecule has 0 aliphatic carbocycles. The molecule has 0 saturated heterocycles. The summed E-state index contributed by atoms with van der Waals surface area (Å²) in [4.78, 5) is 25.6. The highest BCUT2D eigenvalue weighted by Gasteiger charge is 2.10. The highest BCUT2D eigenvalue weighted by atomic mass is 19.1. The molecule has 3 heterocycles. The quantitative estimate of drug-likeness (QED) is 0.493. The number of carbonyl (C=O) groups excluding carboxylic acids is 1. The molecular formula is C25H21FN4O. The summed E-state index contributed by atoms with van der Waals surface area (Å²) in [6.45, 7) is 3.92. The van der Waals surface area contributed by atoms with Crippen molar-refractivity contribution in [1.82, 2.24) is 15.0 Å². The molecule has 0 fully saturated rings. The molecule has 5 nitrogen and oxygen atoms in total. The molecule has 3 aromatic heterocycles. The van der Waals surface area contributed by atoms with Gasteiger partial charge in [0.15, 0.2) is 0 Å². The first-order valence-corrected chi connectivity index (χ1v) is 9.88. The van der Waals surface area contributed by atoms with Crippen LogP contribution in [0.2, 0.25) is 0 Å². The van der Waals surface area contributed by atoms with Gasteiger partial charge >= 0.3 is 0 Å². The van der Waals surface area contributed by atoms with Crippen LogP contribution in [-0.4, -0.2) is 20.9 Å². The number of nitrogens with one attached hydrogen (secondary N) is 1. The number of hydrogen-bond acceptors (Lipinski definition) is 4. The Hall–Kier alpha value is -3.93. The average molecular weight is 412 g/mol. The van der Waals surface area contributed by atoms with Gasteiger partial charge in [-0.2, -0.15) is 0 Å². The highest BCUT2D eigenvalue weighted by Crippen LogP contribution is 2.22. The zero-order valence-corrected chi connectivity index (χ0v) is 17.3. The van der Waals surface area contributed by atoms with Crippen LogP contribution < -0.4 is 5.32 Å². The number of nitrogens with zero attached hydrogens (tertiary/aromatic N) is 3. The Morgan fingerprint density at radius 1 is 0.935 bits per heavy atom. The molecule has 4 aromatic rings. The van der Waals surface area contributed by atoms with E-state index < -0.39 is 0 Å². The Morgan fingerprint density at radius 2 is 1.81 bits per heavy atom. The van der Waals surface area contributed by atoms with Gasteiger partial charge in [-0.1, -0.05) is 18.2 Å². The SMILES string of the molecule is Cc1cc(-c2ncc(CC(=O)Nc3ccc(-c4cccc(F)c4)nc3)cc2C)ccn1. The van der Waals surface area contributed by atoms with E-state index >= 15 is 0 Å². The predicted molar refractivity (Wildman–Crippen MR) is 119 cm³/mol. The zero-order chi connectivity index (χ0) is 21.8. The highest BCUT2D eigenvalue weighted by molar-refractivity contribution is 5.92. The number of hydrogen-bond donors (Lipinski definition) is 1. The summed E-state index contributed by atoms with van der Waals surface area (Å²) < 4.78 is 13.4. The first-order chi connectivity index (χ1) is 15.0. The van der Waals surface area contributed by atoms with Crippen LogP contribution in [0.15, 0.2) is 73.2 Å². The molecule has 154 valence electrons. The van der Waals surface area contributed by atoms with Crippen LogP contribution >= 0.6 is 0 Å². The normalized spacial score (nSPS) is 10.7. The van der Waals surface area contributed by atoms with Gasteiger partial charge in [-0.3, -0.25) is 19.7 Å². The fourth-order valence-corrected chi connectivity index (χ4v) is 3.40. The van der Waals surface area contributed by atoms with E-state index in [0.717, 1.165) is 28.1 Å². The lowest BCUT2D eigenvalue weighted by Gasteiger charge is -2.09. The molecule has 0 saturated carbocycles. The molecule has 0 atom stereocenters. The second kappa shape index (κ2) is 8.83. The van der Waals surface area contributed by atoms with Gasteiger partial charge in [0.1, 0.15) is 5.82 Å². The summed E-state index contributed by atoms with van der Waals surface area (Å²) >= 11 is 0. The fraction of sp³-hybridized carbons (Fsp3) is 0.120. The topological polar surface area (TPSA) is 67.8 Å². The van der Waals surface area contributed by atoms with Crippen LogP contribution in [0.4, 0.5) is 10.1 Å². The molecule has 0 unspecified atom stereocenters. The fourth-order valence-electron chi connectivity index (χ4n) is 3.40. The molecule has 1 N–H and O–H groups in total. The molecule has 1 aromatic carbocycles. The summed E-state index contributed by atoms with van der Waals surface area (Å²) in [5.41, 5.74) is 6.55. The van der Waals surface area contributed by atoms with Crippen molar-refractivity contribution in [3.63, 3.8) is 0 Å². The predicted octanol–water partition coefficient (Wildman–Crippen LogP) is 5.14. The maximum Gasteiger partial charge on any atom is 0.228 e. The monoisotopic (exact) mass is 412 g/mol. The van der Waals surface area contributed by atoms with Crippen LogP contribution in [0.1, 0.15) is 16.8 Å². The molecular weight excluding hydrogens is 391 g/mol. The van der Waals surface area contributed by atoms with Gasteiger partial charge in [0.25, 0.3) is 0 Å². The third-order valence-corrected chi connectivity index (χ3v) is 4.84. The Bertz CT molecular complexity index is 1240. The number of rotatable bonds is 5. The van der Waals surface area contributed by atoms with E-state index in [9.17, 15) is 9.18 Å². The molecule has 1 amide bonds. The molecule has 6 heteroatoms. The van der Waals surface area contributed by atoms with E-state index in [0.29, 0.717) is 16.9 Å². The molecule has 0 spiro atoms. The van der Waals surface area contributed by atoms with Crippen LogP contribution in [0, 0.1) is 19.7 Å². The Balaban J connectivity index is 1.42. The van der Waals surface area contributed by atoms with E-state index in [1.165, 1.54) is 12.1 Å². The van der Waals surface area contributed by atoms with E-state index in [2.05, 4.69) is 20.3 Å². The Labute approximate surface area is 180 Å². The number of aromatic nitrogens is 3. The third-order valence-electron chi connectivity index (χ3n) is 4.84. The smallest absolute Gasteiger partial charge is 0.228 e. The number of aryl methyl sites for hydroxylation is 2. The first kappa shape index (κ1) is 20.3. The van der Waals surface area contributed by atoms with Crippen LogP contribution in [0.3, 0.4) is 0 Å². The standard InChI is InChI=1S/C25H21FN4O/c1-16-10-18(14-29-25(16)20-8-9-27-17(2)11-20)12-24(31)30-22-6-7-23(28-15-22)19-4-3-5-21(26)13-19/h3-11,13-15H,12H2,1-2H3,(H,30,31). The summed E-state index contributed by atoms with van der Waals surface area (Å²) in [5, 5.41) is 2.84. The number of halogens is 1. The minimum Gasteiger partial charge on any atom is -0.324 e. The molecule has 4 rings (SSSR count). The van der Waals surface area contributed by atoms with Crippen LogP contribution in [-0.2, 0) is 11.2 Å². The first-order valence-electron chi connectivity index (χ1n) is 9.88. The van der Waals surface area contributed by atoms with Crippen molar-refractivity contribution in [3.8, 4) is 22.5 Å². The zero-order valence-electron chi connectivity index (χ0n) is 17.3. The summed E-state index contributed by atoms with van der Waals surface area (Å²) in [6, 6.07) is 15.6. The van der Waals surface area contributed by atoms with Crippen molar-refractivity contribution in [2.24, 2.45) is 0 Å². The van der Waals surface area contributed by atoms with Gasteiger partial charge in [0, 0.05) is 29.2 Å². The van der Waals surface area contributed by atoms with E-state index in [1.807, 2.05) is 32.0 Å². The van der Waals surface area contributed by atoms with Crippen molar-refractivity contribution in [1.29, 1.82) is 0 Å². The number of amides is 1. The molecule has 31 heavy (non-hydrogen) atoms. The Morgan fingerprint density at radius 3 is 2.52 bits per heavy atom. The number of benzene rings is 1. The molecule has 0 aliphatic heterocycles. The third kappa shape index (κ3) is 4.98. The lowest BCUT2D eigenvalue weighted by atomic mass is 10.0. The summed E-state index contributed by atoms with van der Waals surface area (Å²) in [7, 11) is 0. The van der Waals surface area contributed by atoms with Crippen molar-refractivity contribution < 1.29 is 9.18 Å². The van der Waals surface area contributed by atoms with Gasteiger partial charge in [0.2, 0.25) is 5.91 Å². The number of anilines is 1. The second-order valence-corrected chi connectivity index (χ2v) is 7.36. The van der Waals surface area contributed by atoms with Gasteiger partial charge in [-0.15, -0.1) is 0 Å². The van der Waals surface area contributed by atoms with E-state index in [-0.39, 0.29) is 18.1 Å². The lowest BCUT2D eigenvalue weighted by Crippen LogP contribution is -2.15. The lowest BCUT2D eigenvalue weighted by molar-refractivity contribution is -0.115. The number of pyridine rings is 3. The van der Waals surface area contributed by atoms with Crippen molar-refractivity contribution in [2.75, 3.05) is 5.32 Å². The molecule has 0 radical (unpaired) electrons. The van der Waals surface area contributed by atoms with Crippen molar-refractivity contribution in [3.05, 3.63) is 95.8 Å².